The monoisotopic (exact) mass is 821 g/mol. The van der Waals surface area contributed by atoms with Crippen LogP contribution in [0.4, 0.5) is 39.5 Å². The second-order valence-electron chi connectivity index (χ2n) is 8.58. The van der Waals surface area contributed by atoms with Crippen LogP contribution in [0.1, 0.15) is 0 Å². The van der Waals surface area contributed by atoms with Gasteiger partial charge in [-0.15, -0.1) is 0 Å². The molecule has 0 heterocycles. The van der Waals surface area contributed by atoms with E-state index in [4.69, 9.17) is 38.9 Å². The Hall–Kier alpha value is -3.32. The van der Waals surface area contributed by atoms with Crippen molar-refractivity contribution in [2.24, 2.45) is 0 Å². The molecule has 23 heteroatoms. The smallest absolute Gasteiger partial charge is 0.279 e. The number of halogens is 9. The highest BCUT2D eigenvalue weighted by molar-refractivity contribution is 7.99. The molecule has 0 aromatic heterocycles. The van der Waals surface area contributed by atoms with Crippen molar-refractivity contribution in [3.05, 3.63) is 115 Å². The lowest BCUT2D eigenvalue weighted by Crippen LogP contribution is -2.21. The van der Waals surface area contributed by atoms with Gasteiger partial charge in [0, 0.05) is 9.79 Å². The Morgan fingerprint density at radius 1 is 0.400 bits per heavy atom. The fourth-order valence-corrected chi connectivity index (χ4v) is 5.71. The Balaban J connectivity index is 0.000000427. The number of alkyl halides is 9. The number of hydrogen-bond acceptors (Lipinski definition) is 7. The Kier molecular flexibility index (Phi) is 16.3. The van der Waals surface area contributed by atoms with Crippen LogP contribution in [-0.2, 0) is 41.2 Å². The Bertz CT molecular complexity index is 1800. The Morgan fingerprint density at radius 3 is 0.880 bits per heavy atom. The second kappa shape index (κ2) is 18.3. The van der Waals surface area contributed by atoms with Crippen LogP contribution >= 0.6 is 11.8 Å². The predicted octanol–water partition coefficient (Wildman–Crippen LogP) is 8.12. The van der Waals surface area contributed by atoms with Gasteiger partial charge in [-0.2, -0.15) is 64.8 Å². The van der Waals surface area contributed by atoms with Crippen LogP contribution in [0.2, 0.25) is 0 Å². The van der Waals surface area contributed by atoms with Gasteiger partial charge in [-0.05, 0) is 60.7 Å². The molecule has 50 heavy (non-hydrogen) atoms. The largest absolute Gasteiger partial charge is 0.522 e. The summed E-state index contributed by atoms with van der Waals surface area (Å²) in [7, 11) is -17.6. The molecule has 0 aliphatic rings. The standard InChI is InChI=1S/C24H19S2.3CHF3O3S/c1-4-10-20(11-5-1)25-21-16-18-24(19-17-21)26(22-12-6-2-7-13-22)23-14-8-3-9-15-23;3*2-1(3,4)8(5,6)7/h1-19H;3*(H,5,6,7)/q+1;;;. The summed E-state index contributed by atoms with van der Waals surface area (Å²) in [6.45, 7) is 0. The molecule has 4 aromatic rings. The van der Waals surface area contributed by atoms with Crippen LogP contribution in [0.25, 0.3) is 0 Å². The quantitative estimate of drug-likeness (QED) is 0.0776. The predicted molar refractivity (Wildman–Crippen MR) is 165 cm³/mol. The molecule has 0 aliphatic heterocycles. The average Bonchev–Trinajstić information content (AvgIpc) is 2.98. The van der Waals surface area contributed by atoms with Crippen LogP contribution in [-0.4, -0.2) is 55.4 Å². The summed E-state index contributed by atoms with van der Waals surface area (Å²) in [6.07, 6.45) is 0. The molecule has 0 unspecified atom stereocenters. The van der Waals surface area contributed by atoms with E-state index in [-0.39, 0.29) is 10.9 Å². The third kappa shape index (κ3) is 15.7. The summed E-state index contributed by atoms with van der Waals surface area (Å²) in [6, 6.07) is 41.1. The van der Waals surface area contributed by atoms with E-state index in [1.165, 1.54) is 24.5 Å². The molecule has 4 rings (SSSR count). The minimum atomic E-state index is -5.84. The summed E-state index contributed by atoms with van der Waals surface area (Å²) < 4.78 is 173. The molecular weight excluding hydrogens is 800 g/mol. The summed E-state index contributed by atoms with van der Waals surface area (Å²) in [4.78, 5) is 6.58. The SMILES string of the molecule is O=S(=O)(O)C(F)(F)F.O=S(=O)(O)C(F)(F)F.O=S(=O)(O)C(F)(F)F.c1ccc(Sc2ccc([S+](c3ccccc3)c3ccccc3)cc2)cc1. The minimum absolute atomic E-state index is 0.0786. The lowest BCUT2D eigenvalue weighted by atomic mass is 10.3. The molecule has 0 aliphatic carbocycles. The zero-order valence-electron chi connectivity index (χ0n) is 24.2. The third-order valence-electron chi connectivity index (χ3n) is 4.87. The van der Waals surface area contributed by atoms with Gasteiger partial charge in [0.15, 0.2) is 14.7 Å². The zero-order valence-corrected chi connectivity index (χ0v) is 28.3. The van der Waals surface area contributed by atoms with Crippen LogP contribution < -0.4 is 0 Å². The van der Waals surface area contributed by atoms with E-state index in [1.54, 1.807) is 11.8 Å². The molecule has 0 spiro atoms. The molecular formula is C27H22F9O9S5+. The number of hydrogen-bond donors (Lipinski definition) is 3. The van der Waals surface area contributed by atoms with E-state index in [0.717, 1.165) is 0 Å². The summed E-state index contributed by atoms with van der Waals surface area (Å²) in [5.74, 6) is 0. The van der Waals surface area contributed by atoms with Gasteiger partial charge in [0.2, 0.25) is 0 Å². The van der Waals surface area contributed by atoms with E-state index in [9.17, 15) is 39.5 Å². The molecule has 0 atom stereocenters. The lowest BCUT2D eigenvalue weighted by Gasteiger charge is -2.08. The van der Waals surface area contributed by atoms with E-state index in [0.29, 0.717) is 0 Å². The minimum Gasteiger partial charge on any atom is -0.279 e. The summed E-state index contributed by atoms with van der Waals surface area (Å²) >= 11 is 1.80. The van der Waals surface area contributed by atoms with Gasteiger partial charge in [-0.25, -0.2) is 0 Å². The molecule has 4 aromatic carbocycles. The molecule has 0 bridgehead atoms. The molecule has 0 fully saturated rings. The van der Waals surface area contributed by atoms with Crippen LogP contribution in [0, 0.1) is 0 Å². The highest BCUT2D eigenvalue weighted by Crippen LogP contribution is 2.34. The van der Waals surface area contributed by atoms with Crippen molar-refractivity contribution in [1.82, 2.24) is 0 Å². The molecule has 0 saturated heterocycles. The highest BCUT2D eigenvalue weighted by atomic mass is 32.2. The van der Waals surface area contributed by atoms with Crippen LogP contribution in [0.5, 0.6) is 0 Å². The van der Waals surface area contributed by atoms with E-state index >= 15 is 0 Å². The maximum atomic E-state index is 10.7. The van der Waals surface area contributed by atoms with Crippen LogP contribution in [0.15, 0.2) is 140 Å². The number of rotatable bonds is 5. The molecule has 0 radical (unpaired) electrons. The Morgan fingerprint density at radius 2 is 0.620 bits per heavy atom. The fourth-order valence-electron chi connectivity index (χ4n) is 2.79. The topological polar surface area (TPSA) is 163 Å². The lowest BCUT2D eigenvalue weighted by molar-refractivity contribution is -0.0514. The molecule has 0 saturated carbocycles. The van der Waals surface area contributed by atoms with Gasteiger partial charge in [0.05, 0.1) is 10.9 Å². The van der Waals surface area contributed by atoms with Gasteiger partial charge < -0.3 is 0 Å². The first-order valence-corrected chi connectivity index (χ1v) is 18.8. The van der Waals surface area contributed by atoms with Gasteiger partial charge in [0.25, 0.3) is 0 Å². The maximum Gasteiger partial charge on any atom is 0.522 e. The Labute approximate surface area is 286 Å². The molecule has 276 valence electrons. The summed E-state index contributed by atoms with van der Waals surface area (Å²) in [5.41, 5.74) is -16.6. The fraction of sp³-hybridized carbons (Fsp3) is 0.111. The van der Waals surface area contributed by atoms with Crippen molar-refractivity contribution < 1.29 is 78.4 Å². The van der Waals surface area contributed by atoms with Gasteiger partial charge >= 0.3 is 46.9 Å². The number of benzene rings is 4. The van der Waals surface area contributed by atoms with Crippen molar-refractivity contribution in [2.45, 2.75) is 41.0 Å². The normalized spacial score (nSPS) is 12.3. The van der Waals surface area contributed by atoms with Crippen molar-refractivity contribution in [1.29, 1.82) is 0 Å². The molecule has 0 amide bonds. The van der Waals surface area contributed by atoms with Crippen LogP contribution in [0.3, 0.4) is 0 Å². The highest BCUT2D eigenvalue weighted by Gasteiger charge is 2.45. The van der Waals surface area contributed by atoms with Gasteiger partial charge in [-0.1, -0.05) is 66.4 Å². The van der Waals surface area contributed by atoms with Crippen molar-refractivity contribution in [3.63, 3.8) is 0 Å². The molecule has 3 N–H and O–H groups in total. The van der Waals surface area contributed by atoms with Crippen molar-refractivity contribution >= 4 is 53.0 Å². The maximum absolute atomic E-state index is 10.7. The first-order valence-electron chi connectivity index (χ1n) is 12.4. The first kappa shape index (κ1) is 44.7. The van der Waals surface area contributed by atoms with E-state index < -0.39 is 46.9 Å². The third-order valence-corrected chi connectivity index (χ3v) is 9.88. The molecule has 9 nitrogen and oxygen atoms in total. The van der Waals surface area contributed by atoms with Gasteiger partial charge in [-0.3, -0.25) is 13.7 Å². The van der Waals surface area contributed by atoms with E-state index in [2.05, 4.69) is 115 Å². The average molecular weight is 822 g/mol. The van der Waals surface area contributed by atoms with Crippen molar-refractivity contribution in [3.8, 4) is 0 Å². The van der Waals surface area contributed by atoms with E-state index in [1.807, 2.05) is 0 Å². The zero-order chi connectivity index (χ0) is 38.6. The van der Waals surface area contributed by atoms with Crippen molar-refractivity contribution in [2.75, 3.05) is 0 Å². The summed E-state index contributed by atoms with van der Waals surface area (Å²) in [5, 5.41) is 0. The van der Waals surface area contributed by atoms with Gasteiger partial charge in [0.1, 0.15) is 0 Å². The second-order valence-corrected chi connectivity index (χ2v) is 16.0. The first-order chi connectivity index (χ1) is 22.6.